The molecule has 104 valence electrons. The Morgan fingerprint density at radius 3 is 2.47 bits per heavy atom. The van der Waals surface area contributed by atoms with Gasteiger partial charge in [-0.15, -0.1) is 0 Å². The topological polar surface area (TPSA) is 44.5 Å². The van der Waals surface area contributed by atoms with Crippen molar-refractivity contribution in [1.82, 2.24) is 0 Å². The maximum Gasteiger partial charge on any atom is 0.180 e. The number of ether oxygens (including phenoxy) is 2. The lowest BCUT2D eigenvalue weighted by Gasteiger charge is -2.25. The summed E-state index contributed by atoms with van der Waals surface area (Å²) in [5.41, 5.74) is 8.63. The first-order chi connectivity index (χ1) is 9.06. The van der Waals surface area contributed by atoms with Crippen LogP contribution in [0.2, 0.25) is 5.02 Å². The molecule has 3 rings (SSSR count). The molecule has 1 aliphatic heterocycles. The maximum absolute atomic E-state index is 6.38. The summed E-state index contributed by atoms with van der Waals surface area (Å²) in [4.78, 5) is 0. The van der Waals surface area contributed by atoms with Gasteiger partial charge in [0.25, 0.3) is 0 Å². The Kier molecular flexibility index (Phi) is 3.14. The highest BCUT2D eigenvalue weighted by Gasteiger charge is 2.49. The third-order valence-electron chi connectivity index (χ3n) is 4.42. The van der Waals surface area contributed by atoms with Crippen LogP contribution in [0.5, 0.6) is 11.5 Å². The van der Waals surface area contributed by atoms with Gasteiger partial charge in [-0.1, -0.05) is 11.6 Å². The van der Waals surface area contributed by atoms with E-state index in [4.69, 9.17) is 26.8 Å². The molecule has 2 N–H and O–H groups in total. The first-order valence-electron chi connectivity index (χ1n) is 6.91. The van der Waals surface area contributed by atoms with Crippen LogP contribution in [-0.2, 0) is 5.41 Å². The number of fused-ring (bicyclic) bond motifs is 1. The maximum atomic E-state index is 6.38. The predicted octanol–water partition coefficient (Wildman–Crippen LogP) is 3.19. The van der Waals surface area contributed by atoms with Crippen molar-refractivity contribution in [2.45, 2.75) is 44.6 Å². The number of benzene rings is 1. The first-order valence-corrected chi connectivity index (χ1v) is 7.29. The Bertz CT molecular complexity index is 509. The fraction of sp³-hybridized carbons (Fsp3) is 0.600. The second-order valence-corrected chi connectivity index (χ2v) is 6.09. The van der Waals surface area contributed by atoms with Crippen molar-refractivity contribution in [3.05, 3.63) is 22.2 Å². The molecule has 0 aromatic heterocycles. The van der Waals surface area contributed by atoms with Gasteiger partial charge in [-0.2, -0.15) is 0 Å². The minimum Gasteiger partial charge on any atom is -0.489 e. The van der Waals surface area contributed by atoms with E-state index in [1.54, 1.807) is 0 Å². The molecule has 1 fully saturated rings. The van der Waals surface area contributed by atoms with Crippen molar-refractivity contribution < 1.29 is 9.47 Å². The summed E-state index contributed by atoms with van der Waals surface area (Å²) in [5.74, 6) is 1.51. The first kappa shape index (κ1) is 13.1. The lowest BCUT2D eigenvalue weighted by molar-refractivity contribution is 0.296. The lowest BCUT2D eigenvalue weighted by Crippen LogP contribution is -2.32. The second-order valence-electron chi connectivity index (χ2n) is 5.68. The van der Waals surface area contributed by atoms with Crippen molar-refractivity contribution in [2.75, 3.05) is 13.2 Å². The van der Waals surface area contributed by atoms with Gasteiger partial charge < -0.3 is 15.2 Å². The van der Waals surface area contributed by atoms with Crippen LogP contribution in [0, 0.1) is 6.92 Å². The van der Waals surface area contributed by atoms with Crippen molar-refractivity contribution in [1.29, 1.82) is 0 Å². The minimum absolute atomic E-state index is 0.0818. The van der Waals surface area contributed by atoms with E-state index in [9.17, 15) is 0 Å². The lowest BCUT2D eigenvalue weighted by atomic mass is 9.86. The van der Waals surface area contributed by atoms with Gasteiger partial charge in [0.1, 0.15) is 0 Å². The molecule has 2 aliphatic rings. The molecule has 0 amide bonds. The normalized spacial score (nSPS) is 21.7. The SMILES string of the molecule is Cc1c(C2(C(C)N)CC2)cc(Cl)c2c1OCCCO2. The van der Waals surface area contributed by atoms with Crippen LogP contribution in [0.4, 0.5) is 0 Å². The summed E-state index contributed by atoms with van der Waals surface area (Å²) in [6, 6.07) is 2.16. The van der Waals surface area contributed by atoms with E-state index >= 15 is 0 Å². The summed E-state index contributed by atoms with van der Waals surface area (Å²) in [6.07, 6.45) is 3.14. The molecular formula is C15H20ClNO2. The molecule has 0 bridgehead atoms. The summed E-state index contributed by atoms with van der Waals surface area (Å²) >= 11 is 6.38. The van der Waals surface area contributed by atoms with E-state index < -0.39 is 0 Å². The number of halogens is 1. The monoisotopic (exact) mass is 281 g/mol. The van der Waals surface area contributed by atoms with E-state index in [1.807, 2.05) is 6.07 Å². The van der Waals surface area contributed by atoms with Gasteiger partial charge in [-0.3, -0.25) is 0 Å². The Balaban J connectivity index is 2.13. The largest absolute Gasteiger partial charge is 0.489 e. The van der Waals surface area contributed by atoms with Crippen LogP contribution in [0.3, 0.4) is 0 Å². The molecule has 1 heterocycles. The van der Waals surface area contributed by atoms with Gasteiger partial charge >= 0.3 is 0 Å². The van der Waals surface area contributed by atoms with E-state index in [0.717, 1.165) is 30.6 Å². The molecule has 19 heavy (non-hydrogen) atoms. The quantitative estimate of drug-likeness (QED) is 0.905. The Morgan fingerprint density at radius 1 is 1.26 bits per heavy atom. The van der Waals surface area contributed by atoms with Gasteiger partial charge in [0.05, 0.1) is 18.2 Å². The summed E-state index contributed by atoms with van der Waals surface area (Å²) in [6.45, 7) is 5.49. The molecule has 1 saturated carbocycles. The summed E-state index contributed by atoms with van der Waals surface area (Å²) < 4.78 is 11.6. The highest BCUT2D eigenvalue weighted by atomic mass is 35.5. The van der Waals surface area contributed by atoms with Crippen LogP contribution < -0.4 is 15.2 Å². The zero-order chi connectivity index (χ0) is 13.6. The summed E-state index contributed by atoms with van der Waals surface area (Å²) in [5, 5.41) is 0.643. The fourth-order valence-corrected chi connectivity index (χ4v) is 3.29. The molecule has 1 aromatic carbocycles. The molecule has 3 nitrogen and oxygen atoms in total. The number of rotatable bonds is 2. The molecular weight excluding hydrogens is 262 g/mol. The highest BCUT2D eigenvalue weighted by molar-refractivity contribution is 6.32. The molecule has 1 atom stereocenters. The minimum atomic E-state index is 0.0818. The van der Waals surface area contributed by atoms with Crippen molar-refractivity contribution >= 4 is 11.6 Å². The van der Waals surface area contributed by atoms with Crippen LogP contribution in [0.1, 0.15) is 37.3 Å². The van der Waals surface area contributed by atoms with Gasteiger partial charge in [0.2, 0.25) is 0 Å². The Hall–Kier alpha value is -0.930. The highest BCUT2D eigenvalue weighted by Crippen LogP contribution is 2.55. The number of hydrogen-bond acceptors (Lipinski definition) is 3. The molecule has 0 radical (unpaired) electrons. The van der Waals surface area contributed by atoms with Crippen molar-refractivity contribution in [3.8, 4) is 11.5 Å². The fourth-order valence-electron chi connectivity index (χ4n) is 3.04. The zero-order valence-corrected chi connectivity index (χ0v) is 12.2. The Morgan fingerprint density at radius 2 is 1.89 bits per heavy atom. The third kappa shape index (κ3) is 2.00. The number of hydrogen-bond donors (Lipinski definition) is 1. The molecule has 1 unspecified atom stereocenters. The van der Waals surface area contributed by atoms with E-state index in [1.165, 1.54) is 5.56 Å². The summed E-state index contributed by atoms with van der Waals surface area (Å²) in [7, 11) is 0. The van der Waals surface area contributed by atoms with Crippen LogP contribution in [0.15, 0.2) is 6.07 Å². The van der Waals surface area contributed by atoms with Crippen molar-refractivity contribution in [3.63, 3.8) is 0 Å². The predicted molar refractivity (Wildman–Crippen MR) is 76.4 cm³/mol. The van der Waals surface area contributed by atoms with E-state index in [0.29, 0.717) is 24.0 Å². The molecule has 0 spiro atoms. The molecule has 1 aromatic rings. The van der Waals surface area contributed by atoms with Crippen LogP contribution in [-0.4, -0.2) is 19.3 Å². The average molecular weight is 282 g/mol. The van der Waals surface area contributed by atoms with E-state index in [-0.39, 0.29) is 11.5 Å². The zero-order valence-electron chi connectivity index (χ0n) is 11.5. The second kappa shape index (κ2) is 4.57. The van der Waals surface area contributed by atoms with Gasteiger partial charge in [0, 0.05) is 17.9 Å². The molecule has 4 heteroatoms. The smallest absolute Gasteiger partial charge is 0.180 e. The van der Waals surface area contributed by atoms with Gasteiger partial charge in [-0.25, -0.2) is 0 Å². The standard InChI is InChI=1S/C15H20ClNO2/c1-9-11(15(4-5-15)10(2)17)8-12(16)14-13(9)18-6-3-7-19-14/h8,10H,3-7,17H2,1-2H3. The van der Waals surface area contributed by atoms with Gasteiger partial charge in [-0.05, 0) is 43.9 Å². The third-order valence-corrected chi connectivity index (χ3v) is 4.70. The molecule has 1 aliphatic carbocycles. The van der Waals surface area contributed by atoms with Crippen molar-refractivity contribution in [2.24, 2.45) is 5.73 Å². The number of nitrogens with two attached hydrogens (primary N) is 1. The van der Waals surface area contributed by atoms with E-state index in [2.05, 4.69) is 13.8 Å². The molecule has 0 saturated heterocycles. The van der Waals surface area contributed by atoms with Crippen LogP contribution in [0.25, 0.3) is 0 Å². The average Bonchev–Trinajstić information content (AvgIpc) is 3.16. The Labute approximate surface area is 119 Å². The van der Waals surface area contributed by atoms with Gasteiger partial charge in [0.15, 0.2) is 11.5 Å². The van der Waals surface area contributed by atoms with Crippen LogP contribution >= 0.6 is 11.6 Å².